The van der Waals surface area contributed by atoms with Gasteiger partial charge in [0.15, 0.2) is 5.78 Å². The van der Waals surface area contributed by atoms with Crippen molar-refractivity contribution in [2.24, 2.45) is 0 Å². The summed E-state index contributed by atoms with van der Waals surface area (Å²) in [4.78, 5) is 38.0. The number of amides is 1. The van der Waals surface area contributed by atoms with E-state index in [1.54, 1.807) is 44.4 Å². The average Bonchev–Trinajstić information content (AvgIpc) is 3.24. The molecule has 162 valence electrons. The zero-order chi connectivity index (χ0) is 22.5. The molecular weight excluding hydrogens is 399 g/mol. The number of nitrogens with one attached hydrogen (secondary N) is 2. The van der Waals surface area contributed by atoms with Crippen LogP contribution < -0.4 is 10.9 Å². The van der Waals surface area contributed by atoms with Gasteiger partial charge in [-0.3, -0.25) is 19.5 Å². The van der Waals surface area contributed by atoms with E-state index in [0.717, 1.165) is 5.56 Å². The number of rotatable bonds is 8. The van der Waals surface area contributed by atoms with E-state index in [2.05, 4.69) is 15.5 Å². The van der Waals surface area contributed by atoms with Crippen LogP contribution in [0.5, 0.6) is 0 Å². The Morgan fingerprint density at radius 3 is 2.77 bits per heavy atom. The highest BCUT2D eigenvalue weighted by atomic mass is 19.1. The third-order valence-corrected chi connectivity index (χ3v) is 5.06. The number of carbonyl (C=O) groups excluding carboxylic acids is 2. The van der Waals surface area contributed by atoms with Crippen molar-refractivity contribution in [1.29, 1.82) is 0 Å². The van der Waals surface area contributed by atoms with Crippen LogP contribution >= 0.6 is 0 Å². The van der Waals surface area contributed by atoms with Gasteiger partial charge in [0.1, 0.15) is 5.82 Å². The molecule has 0 fully saturated rings. The number of aryl methyl sites for hydroxylation is 1. The SMILES string of the molecule is CCC(=O)c1cc(C(=O)NC(C)Cc2cn[nH]c2)cn(Cc2cccc(C)c2F)c1=O. The van der Waals surface area contributed by atoms with Crippen molar-refractivity contribution in [3.8, 4) is 0 Å². The monoisotopic (exact) mass is 424 g/mol. The highest BCUT2D eigenvalue weighted by Crippen LogP contribution is 2.14. The quantitative estimate of drug-likeness (QED) is 0.543. The first-order chi connectivity index (χ1) is 14.8. The third-order valence-electron chi connectivity index (χ3n) is 5.06. The lowest BCUT2D eigenvalue weighted by Crippen LogP contribution is -2.36. The van der Waals surface area contributed by atoms with E-state index in [1.165, 1.54) is 16.8 Å². The van der Waals surface area contributed by atoms with Crippen molar-refractivity contribution in [3.05, 3.63) is 86.8 Å². The number of carbonyl (C=O) groups is 2. The minimum absolute atomic E-state index is 0.0781. The van der Waals surface area contributed by atoms with Crippen LogP contribution in [0.25, 0.3) is 0 Å². The van der Waals surface area contributed by atoms with Crippen molar-refractivity contribution >= 4 is 11.7 Å². The normalized spacial score (nSPS) is 11.9. The molecule has 2 heterocycles. The summed E-state index contributed by atoms with van der Waals surface area (Å²) in [7, 11) is 0. The van der Waals surface area contributed by atoms with Crippen LogP contribution in [0, 0.1) is 12.7 Å². The molecule has 1 aromatic carbocycles. The smallest absolute Gasteiger partial charge is 0.261 e. The summed E-state index contributed by atoms with van der Waals surface area (Å²) in [6, 6.07) is 6.03. The van der Waals surface area contributed by atoms with Crippen LogP contribution in [0.4, 0.5) is 4.39 Å². The van der Waals surface area contributed by atoms with Crippen molar-refractivity contribution in [2.45, 2.75) is 46.2 Å². The van der Waals surface area contributed by atoms with Gasteiger partial charge < -0.3 is 9.88 Å². The van der Waals surface area contributed by atoms with Gasteiger partial charge in [0.25, 0.3) is 11.5 Å². The van der Waals surface area contributed by atoms with Gasteiger partial charge in [-0.05, 0) is 37.5 Å². The fraction of sp³-hybridized carbons (Fsp3) is 0.304. The maximum absolute atomic E-state index is 14.5. The molecule has 2 aromatic heterocycles. The molecule has 1 amide bonds. The van der Waals surface area contributed by atoms with Crippen LogP contribution in [0.1, 0.15) is 57.7 Å². The van der Waals surface area contributed by atoms with E-state index in [1.807, 2.05) is 6.92 Å². The van der Waals surface area contributed by atoms with Crippen molar-refractivity contribution in [2.75, 3.05) is 0 Å². The van der Waals surface area contributed by atoms with E-state index in [0.29, 0.717) is 17.5 Å². The van der Waals surface area contributed by atoms with Gasteiger partial charge >= 0.3 is 0 Å². The standard InChI is InChI=1S/C23H25FN4O3/c1-4-20(29)19-9-18(22(30)27-15(3)8-16-10-25-26-11-16)13-28(23(19)31)12-17-7-5-6-14(2)21(17)24/h5-7,9-11,13,15H,4,8,12H2,1-3H3,(H,25,26)(H,27,30). The summed E-state index contributed by atoms with van der Waals surface area (Å²) >= 11 is 0. The highest BCUT2D eigenvalue weighted by molar-refractivity contribution is 6.00. The summed E-state index contributed by atoms with van der Waals surface area (Å²) in [5, 5.41) is 9.47. The van der Waals surface area contributed by atoms with Gasteiger partial charge in [-0.1, -0.05) is 25.1 Å². The highest BCUT2D eigenvalue weighted by Gasteiger charge is 2.19. The molecule has 8 heteroatoms. The molecule has 3 rings (SSSR count). The first-order valence-corrected chi connectivity index (χ1v) is 10.1. The molecule has 0 aliphatic rings. The lowest BCUT2D eigenvalue weighted by atomic mass is 10.1. The second-order valence-corrected chi connectivity index (χ2v) is 7.59. The van der Waals surface area contributed by atoms with E-state index >= 15 is 0 Å². The second-order valence-electron chi connectivity index (χ2n) is 7.59. The Balaban J connectivity index is 1.93. The predicted molar refractivity (Wildman–Crippen MR) is 115 cm³/mol. The molecule has 0 aliphatic carbocycles. The lowest BCUT2D eigenvalue weighted by Gasteiger charge is -2.15. The number of Topliss-reactive ketones (excluding diaryl/α,β-unsaturated/α-hetero) is 1. The molecule has 2 N–H and O–H groups in total. The Kier molecular flexibility index (Phi) is 6.79. The molecule has 1 unspecified atom stereocenters. The summed E-state index contributed by atoms with van der Waals surface area (Å²) < 4.78 is 15.7. The number of benzene rings is 1. The molecule has 0 saturated carbocycles. The van der Waals surface area contributed by atoms with Crippen molar-refractivity contribution < 1.29 is 14.0 Å². The molecule has 0 radical (unpaired) electrons. The molecular formula is C23H25FN4O3. The number of ketones is 1. The van der Waals surface area contributed by atoms with Crippen molar-refractivity contribution in [1.82, 2.24) is 20.1 Å². The molecule has 0 aliphatic heterocycles. The zero-order valence-corrected chi connectivity index (χ0v) is 17.7. The van der Waals surface area contributed by atoms with Crippen LogP contribution in [-0.4, -0.2) is 32.5 Å². The number of hydrogen-bond acceptors (Lipinski definition) is 4. The zero-order valence-electron chi connectivity index (χ0n) is 17.7. The van der Waals surface area contributed by atoms with Gasteiger partial charge in [0, 0.05) is 30.4 Å². The molecule has 0 spiro atoms. The summed E-state index contributed by atoms with van der Waals surface area (Å²) in [6.07, 6.45) is 5.48. The summed E-state index contributed by atoms with van der Waals surface area (Å²) in [6.45, 7) is 5.05. The number of aromatic nitrogens is 3. The number of pyridine rings is 1. The van der Waals surface area contributed by atoms with Crippen molar-refractivity contribution in [3.63, 3.8) is 0 Å². The Bertz CT molecular complexity index is 1150. The van der Waals surface area contributed by atoms with Gasteiger partial charge in [0.2, 0.25) is 0 Å². The van der Waals surface area contributed by atoms with E-state index in [9.17, 15) is 18.8 Å². The topological polar surface area (TPSA) is 96.8 Å². The number of nitrogens with zero attached hydrogens (tertiary/aromatic N) is 2. The molecule has 1 atom stereocenters. The molecule has 31 heavy (non-hydrogen) atoms. The lowest BCUT2D eigenvalue weighted by molar-refractivity contribution is 0.0939. The Labute approximate surface area is 179 Å². The Morgan fingerprint density at radius 2 is 2.10 bits per heavy atom. The fourth-order valence-electron chi connectivity index (χ4n) is 3.38. The summed E-state index contributed by atoms with van der Waals surface area (Å²) in [5.74, 6) is -1.20. The first kappa shape index (κ1) is 22.1. The maximum atomic E-state index is 14.5. The van der Waals surface area contributed by atoms with E-state index in [-0.39, 0.29) is 35.9 Å². The number of H-pyrrole nitrogens is 1. The fourth-order valence-corrected chi connectivity index (χ4v) is 3.38. The van der Waals surface area contributed by atoms with Crippen LogP contribution in [0.3, 0.4) is 0 Å². The van der Waals surface area contributed by atoms with Gasteiger partial charge in [-0.15, -0.1) is 0 Å². The maximum Gasteiger partial charge on any atom is 0.261 e. The van der Waals surface area contributed by atoms with Crippen LogP contribution in [0.15, 0.2) is 47.7 Å². The van der Waals surface area contributed by atoms with E-state index < -0.39 is 17.3 Å². The second kappa shape index (κ2) is 9.51. The number of aromatic amines is 1. The summed E-state index contributed by atoms with van der Waals surface area (Å²) in [5.41, 5.74) is 1.25. The minimum atomic E-state index is -0.546. The first-order valence-electron chi connectivity index (χ1n) is 10.1. The number of hydrogen-bond donors (Lipinski definition) is 2. The van der Waals surface area contributed by atoms with E-state index in [4.69, 9.17) is 0 Å². The minimum Gasteiger partial charge on any atom is -0.349 e. The van der Waals surface area contributed by atoms with Gasteiger partial charge in [-0.25, -0.2) is 4.39 Å². The van der Waals surface area contributed by atoms with Gasteiger partial charge in [-0.2, -0.15) is 5.10 Å². The molecule has 3 aromatic rings. The third kappa shape index (κ3) is 5.14. The van der Waals surface area contributed by atoms with Crippen LogP contribution in [-0.2, 0) is 13.0 Å². The number of halogens is 1. The van der Waals surface area contributed by atoms with Crippen LogP contribution in [0.2, 0.25) is 0 Å². The average molecular weight is 424 g/mol. The predicted octanol–water partition coefficient (Wildman–Crippen LogP) is 3.02. The Morgan fingerprint density at radius 1 is 1.32 bits per heavy atom. The molecule has 0 saturated heterocycles. The van der Waals surface area contributed by atoms with Gasteiger partial charge in [0.05, 0.1) is 23.9 Å². The largest absolute Gasteiger partial charge is 0.349 e. The molecule has 7 nitrogen and oxygen atoms in total. The Hall–Kier alpha value is -3.55. The molecule has 0 bridgehead atoms.